The molecule has 94 valence electrons. The fourth-order valence-electron chi connectivity index (χ4n) is 1.74. The van der Waals surface area contributed by atoms with Gasteiger partial charge in [-0.2, -0.15) is 0 Å². The van der Waals surface area contributed by atoms with Gasteiger partial charge in [-0.1, -0.05) is 45.0 Å². The molecule has 1 aromatic rings. The van der Waals surface area contributed by atoms with Gasteiger partial charge < -0.3 is 4.74 Å². The van der Waals surface area contributed by atoms with Crippen molar-refractivity contribution in [2.45, 2.75) is 33.1 Å². The summed E-state index contributed by atoms with van der Waals surface area (Å²) in [5.41, 5.74) is 2.07. The number of carbonyl (C=O) groups is 1. The number of rotatable bonds is 6. The predicted molar refractivity (Wildman–Crippen MR) is 70.5 cm³/mol. The summed E-state index contributed by atoms with van der Waals surface area (Å²) in [6.45, 7) is 6.89. The summed E-state index contributed by atoms with van der Waals surface area (Å²) < 4.78 is 5.00. The first kappa shape index (κ1) is 13.9. The quantitative estimate of drug-likeness (QED) is 0.702. The lowest BCUT2D eigenvalue weighted by Gasteiger charge is -2.11. The summed E-state index contributed by atoms with van der Waals surface area (Å²) in [5.74, 6) is 0.738. The first-order valence-electron chi connectivity index (χ1n) is 6.19. The molecule has 0 saturated carbocycles. The summed E-state index contributed by atoms with van der Waals surface area (Å²) in [5, 5.41) is 0. The molecule has 0 aliphatic carbocycles. The monoisotopic (exact) mass is 234 g/mol. The van der Waals surface area contributed by atoms with Crippen LogP contribution in [0.4, 0.5) is 0 Å². The van der Waals surface area contributed by atoms with Crippen LogP contribution in [0.25, 0.3) is 0 Å². The van der Waals surface area contributed by atoms with Crippen molar-refractivity contribution in [2.75, 3.05) is 13.7 Å². The minimum atomic E-state index is 0.0276. The summed E-state index contributed by atoms with van der Waals surface area (Å²) in [6.07, 6.45) is 0.779. The van der Waals surface area contributed by atoms with E-state index in [-0.39, 0.29) is 11.7 Å². The van der Waals surface area contributed by atoms with E-state index in [0.717, 1.165) is 12.0 Å². The van der Waals surface area contributed by atoms with Gasteiger partial charge in [0.1, 0.15) is 0 Å². The van der Waals surface area contributed by atoms with Gasteiger partial charge in [0.15, 0.2) is 5.78 Å². The van der Waals surface area contributed by atoms with Gasteiger partial charge in [0.2, 0.25) is 0 Å². The molecule has 1 unspecified atom stereocenters. The molecule has 0 spiro atoms. The maximum atomic E-state index is 12.1. The second kappa shape index (κ2) is 6.55. The van der Waals surface area contributed by atoms with Gasteiger partial charge in [0, 0.05) is 25.2 Å². The van der Waals surface area contributed by atoms with E-state index in [9.17, 15) is 4.79 Å². The van der Waals surface area contributed by atoms with Crippen molar-refractivity contribution in [3.8, 4) is 0 Å². The zero-order valence-corrected chi connectivity index (χ0v) is 11.2. The van der Waals surface area contributed by atoms with E-state index in [1.807, 2.05) is 31.2 Å². The lowest BCUT2D eigenvalue weighted by molar-refractivity contribution is 0.0893. The highest BCUT2D eigenvalue weighted by molar-refractivity contribution is 5.97. The minimum absolute atomic E-state index is 0.0276. The second-order valence-corrected chi connectivity index (χ2v) is 4.82. The first-order valence-corrected chi connectivity index (χ1v) is 6.19. The number of carbonyl (C=O) groups excluding carboxylic acids is 1. The topological polar surface area (TPSA) is 26.3 Å². The van der Waals surface area contributed by atoms with E-state index >= 15 is 0 Å². The molecule has 1 aromatic carbocycles. The predicted octanol–water partition coefficient (Wildman–Crippen LogP) is 3.67. The van der Waals surface area contributed by atoms with Crippen molar-refractivity contribution in [1.29, 1.82) is 0 Å². The second-order valence-electron chi connectivity index (χ2n) is 4.82. The van der Waals surface area contributed by atoms with Crippen LogP contribution in [0.1, 0.15) is 49.0 Å². The molecule has 0 aromatic heterocycles. The van der Waals surface area contributed by atoms with E-state index in [4.69, 9.17) is 4.74 Å². The van der Waals surface area contributed by atoms with E-state index in [1.54, 1.807) is 7.11 Å². The SMILES string of the molecule is COCCC(C)C(=O)c1ccc(C(C)C)cc1. The highest BCUT2D eigenvalue weighted by atomic mass is 16.5. The van der Waals surface area contributed by atoms with Crippen molar-refractivity contribution in [1.82, 2.24) is 0 Å². The number of hydrogen-bond donors (Lipinski definition) is 0. The average Bonchev–Trinajstić information content (AvgIpc) is 2.35. The zero-order chi connectivity index (χ0) is 12.8. The van der Waals surface area contributed by atoms with Crippen LogP contribution in [-0.2, 0) is 4.74 Å². The van der Waals surface area contributed by atoms with Gasteiger partial charge in [-0.05, 0) is 17.9 Å². The van der Waals surface area contributed by atoms with Crippen LogP contribution in [0.3, 0.4) is 0 Å². The summed E-state index contributed by atoms with van der Waals surface area (Å²) >= 11 is 0. The van der Waals surface area contributed by atoms with Crippen molar-refractivity contribution < 1.29 is 9.53 Å². The molecule has 2 heteroatoms. The van der Waals surface area contributed by atoms with Crippen LogP contribution in [0, 0.1) is 5.92 Å². The van der Waals surface area contributed by atoms with Crippen LogP contribution >= 0.6 is 0 Å². The highest BCUT2D eigenvalue weighted by Gasteiger charge is 2.14. The Balaban J connectivity index is 2.69. The normalized spacial score (nSPS) is 12.8. The minimum Gasteiger partial charge on any atom is -0.385 e. The highest BCUT2D eigenvalue weighted by Crippen LogP contribution is 2.17. The van der Waals surface area contributed by atoms with Crippen molar-refractivity contribution >= 4 is 5.78 Å². The molecule has 1 rings (SSSR count). The van der Waals surface area contributed by atoms with Gasteiger partial charge in [0.25, 0.3) is 0 Å². The number of benzene rings is 1. The largest absolute Gasteiger partial charge is 0.385 e. The number of ketones is 1. The van der Waals surface area contributed by atoms with Crippen LogP contribution in [0.15, 0.2) is 24.3 Å². The Hall–Kier alpha value is -1.15. The molecule has 17 heavy (non-hydrogen) atoms. The Bertz CT molecular complexity index is 352. The van der Waals surface area contributed by atoms with Crippen molar-refractivity contribution in [3.63, 3.8) is 0 Å². The molecular weight excluding hydrogens is 212 g/mol. The number of methoxy groups -OCH3 is 1. The standard InChI is InChI=1S/C15H22O2/c1-11(2)13-5-7-14(8-6-13)15(16)12(3)9-10-17-4/h5-8,11-12H,9-10H2,1-4H3. The van der Waals surface area contributed by atoms with Gasteiger partial charge in [-0.15, -0.1) is 0 Å². The molecule has 1 atom stereocenters. The Morgan fingerprint density at radius 3 is 2.24 bits per heavy atom. The Labute approximate surface area is 104 Å². The van der Waals surface area contributed by atoms with E-state index < -0.39 is 0 Å². The smallest absolute Gasteiger partial charge is 0.165 e. The number of hydrogen-bond acceptors (Lipinski definition) is 2. The molecular formula is C15H22O2. The fourth-order valence-corrected chi connectivity index (χ4v) is 1.74. The third-order valence-electron chi connectivity index (χ3n) is 3.06. The van der Waals surface area contributed by atoms with E-state index in [2.05, 4.69) is 13.8 Å². The number of Topliss-reactive ketones (excluding diaryl/α,β-unsaturated/α-hetero) is 1. The third-order valence-corrected chi connectivity index (χ3v) is 3.06. The molecule has 0 radical (unpaired) electrons. The molecule has 0 N–H and O–H groups in total. The van der Waals surface area contributed by atoms with Gasteiger partial charge in [-0.25, -0.2) is 0 Å². The number of ether oxygens (including phenoxy) is 1. The van der Waals surface area contributed by atoms with Crippen molar-refractivity contribution in [2.24, 2.45) is 5.92 Å². The maximum Gasteiger partial charge on any atom is 0.165 e. The molecule has 0 heterocycles. The fraction of sp³-hybridized carbons (Fsp3) is 0.533. The molecule has 0 aliphatic heterocycles. The van der Waals surface area contributed by atoms with Gasteiger partial charge in [-0.3, -0.25) is 4.79 Å². The van der Waals surface area contributed by atoms with Crippen molar-refractivity contribution in [3.05, 3.63) is 35.4 Å². The molecule has 0 fully saturated rings. The summed E-state index contributed by atoms with van der Waals surface area (Å²) in [7, 11) is 1.66. The van der Waals surface area contributed by atoms with E-state index in [0.29, 0.717) is 12.5 Å². The molecule has 0 aliphatic rings. The van der Waals surface area contributed by atoms with Crippen LogP contribution in [0.2, 0.25) is 0 Å². The van der Waals surface area contributed by atoms with Gasteiger partial charge in [0.05, 0.1) is 0 Å². The lowest BCUT2D eigenvalue weighted by atomic mass is 9.94. The Morgan fingerprint density at radius 1 is 1.18 bits per heavy atom. The molecule has 0 saturated heterocycles. The molecule has 2 nitrogen and oxygen atoms in total. The Morgan fingerprint density at radius 2 is 1.76 bits per heavy atom. The zero-order valence-electron chi connectivity index (χ0n) is 11.2. The first-order chi connectivity index (χ1) is 8.06. The van der Waals surface area contributed by atoms with Crippen LogP contribution in [-0.4, -0.2) is 19.5 Å². The maximum absolute atomic E-state index is 12.1. The average molecular weight is 234 g/mol. The van der Waals surface area contributed by atoms with E-state index in [1.165, 1.54) is 5.56 Å². The summed E-state index contributed by atoms with van der Waals surface area (Å²) in [4.78, 5) is 12.1. The lowest BCUT2D eigenvalue weighted by Crippen LogP contribution is -2.13. The molecule has 0 amide bonds. The summed E-state index contributed by atoms with van der Waals surface area (Å²) in [6, 6.07) is 7.95. The van der Waals surface area contributed by atoms with Crippen LogP contribution < -0.4 is 0 Å². The molecule has 0 bridgehead atoms. The van der Waals surface area contributed by atoms with Crippen LogP contribution in [0.5, 0.6) is 0 Å². The third kappa shape index (κ3) is 3.97. The Kier molecular flexibility index (Phi) is 5.36. The van der Waals surface area contributed by atoms with Gasteiger partial charge >= 0.3 is 0 Å².